The molecule has 0 fully saturated rings. The molecular weight excluding hydrogens is 254 g/mol. The van der Waals surface area contributed by atoms with Crippen molar-refractivity contribution in [3.05, 3.63) is 47.3 Å². The van der Waals surface area contributed by atoms with Crippen LogP contribution in [0.5, 0.6) is 5.75 Å². The number of aromatic hydroxyl groups is 1. The highest BCUT2D eigenvalue weighted by molar-refractivity contribution is 5.95. The largest absolute Gasteiger partial charge is 0.508 e. The lowest BCUT2D eigenvalue weighted by atomic mass is 10.1. The Bertz CT molecular complexity index is 575. The van der Waals surface area contributed by atoms with E-state index in [-0.39, 0.29) is 17.7 Å². The fraction of sp³-hybridized carbons (Fsp3) is 0.333. The number of aryl methyl sites for hydroxylation is 2. The van der Waals surface area contributed by atoms with Crippen molar-refractivity contribution in [2.45, 2.75) is 32.7 Å². The van der Waals surface area contributed by atoms with E-state index in [9.17, 15) is 9.90 Å². The SMILES string of the molecule is Cc1[nH]ncc1C(=O)NC(C)CCc1ccc(O)cc1. The molecule has 0 saturated heterocycles. The maximum Gasteiger partial charge on any atom is 0.254 e. The van der Waals surface area contributed by atoms with Crippen molar-refractivity contribution in [2.24, 2.45) is 0 Å². The first kappa shape index (κ1) is 14.1. The third-order valence-electron chi connectivity index (χ3n) is 3.25. The molecule has 0 spiro atoms. The van der Waals surface area contributed by atoms with Gasteiger partial charge in [0.05, 0.1) is 11.8 Å². The van der Waals surface area contributed by atoms with Crippen molar-refractivity contribution < 1.29 is 9.90 Å². The quantitative estimate of drug-likeness (QED) is 0.781. The van der Waals surface area contributed by atoms with Gasteiger partial charge in [0.2, 0.25) is 0 Å². The third kappa shape index (κ3) is 3.60. The number of phenols is 1. The number of H-pyrrole nitrogens is 1. The summed E-state index contributed by atoms with van der Waals surface area (Å²) in [4.78, 5) is 12.0. The van der Waals surface area contributed by atoms with Gasteiger partial charge in [-0.05, 0) is 44.4 Å². The van der Waals surface area contributed by atoms with Crippen LogP contribution in [0.2, 0.25) is 0 Å². The molecule has 0 aliphatic carbocycles. The van der Waals surface area contributed by atoms with Gasteiger partial charge < -0.3 is 10.4 Å². The van der Waals surface area contributed by atoms with Crippen molar-refractivity contribution in [1.29, 1.82) is 0 Å². The maximum atomic E-state index is 12.0. The van der Waals surface area contributed by atoms with Crippen LogP contribution in [0.1, 0.15) is 35.0 Å². The second-order valence-electron chi connectivity index (χ2n) is 4.99. The summed E-state index contributed by atoms with van der Waals surface area (Å²) < 4.78 is 0. The first-order chi connectivity index (χ1) is 9.56. The van der Waals surface area contributed by atoms with E-state index in [1.165, 1.54) is 6.20 Å². The van der Waals surface area contributed by atoms with Crippen molar-refractivity contribution in [3.63, 3.8) is 0 Å². The van der Waals surface area contributed by atoms with E-state index in [1.54, 1.807) is 12.1 Å². The molecule has 1 heterocycles. The molecular formula is C15H19N3O2. The van der Waals surface area contributed by atoms with Crippen molar-refractivity contribution >= 4 is 5.91 Å². The van der Waals surface area contributed by atoms with E-state index in [4.69, 9.17) is 0 Å². The molecule has 5 heteroatoms. The fourth-order valence-electron chi connectivity index (χ4n) is 2.00. The number of phenolic OH excluding ortho intramolecular Hbond substituents is 1. The number of aromatic amines is 1. The number of carbonyl (C=O) groups is 1. The van der Waals surface area contributed by atoms with E-state index >= 15 is 0 Å². The molecule has 20 heavy (non-hydrogen) atoms. The molecule has 0 radical (unpaired) electrons. The van der Waals surface area contributed by atoms with Gasteiger partial charge in [0.1, 0.15) is 5.75 Å². The molecule has 0 bridgehead atoms. The van der Waals surface area contributed by atoms with Gasteiger partial charge in [-0.15, -0.1) is 0 Å². The summed E-state index contributed by atoms with van der Waals surface area (Å²) in [6, 6.07) is 7.21. The van der Waals surface area contributed by atoms with Crippen LogP contribution in [-0.2, 0) is 6.42 Å². The normalized spacial score (nSPS) is 12.1. The molecule has 1 atom stereocenters. The Hall–Kier alpha value is -2.30. The summed E-state index contributed by atoms with van der Waals surface area (Å²) in [6.07, 6.45) is 3.23. The van der Waals surface area contributed by atoms with Gasteiger partial charge in [-0.3, -0.25) is 9.89 Å². The van der Waals surface area contributed by atoms with Crippen molar-refractivity contribution in [2.75, 3.05) is 0 Å². The smallest absolute Gasteiger partial charge is 0.254 e. The summed E-state index contributed by atoms with van der Waals surface area (Å²) in [5, 5.41) is 18.8. The van der Waals surface area contributed by atoms with Gasteiger partial charge >= 0.3 is 0 Å². The average Bonchev–Trinajstić information content (AvgIpc) is 2.84. The molecule has 0 aliphatic heterocycles. The topological polar surface area (TPSA) is 78.0 Å². The van der Waals surface area contributed by atoms with Gasteiger partial charge in [0.15, 0.2) is 0 Å². The van der Waals surface area contributed by atoms with Crippen LogP contribution >= 0.6 is 0 Å². The lowest BCUT2D eigenvalue weighted by Gasteiger charge is -2.13. The number of amides is 1. The molecule has 0 aliphatic rings. The number of rotatable bonds is 5. The van der Waals surface area contributed by atoms with Crippen molar-refractivity contribution in [1.82, 2.24) is 15.5 Å². The Kier molecular flexibility index (Phi) is 4.40. The van der Waals surface area contributed by atoms with Gasteiger partial charge in [-0.25, -0.2) is 0 Å². The number of hydrogen-bond acceptors (Lipinski definition) is 3. The number of nitrogens with one attached hydrogen (secondary N) is 2. The summed E-state index contributed by atoms with van der Waals surface area (Å²) in [6.45, 7) is 3.80. The Morgan fingerprint density at radius 1 is 1.40 bits per heavy atom. The zero-order chi connectivity index (χ0) is 14.5. The number of hydrogen-bond donors (Lipinski definition) is 3. The molecule has 106 valence electrons. The molecule has 1 unspecified atom stereocenters. The highest BCUT2D eigenvalue weighted by Gasteiger charge is 2.13. The van der Waals surface area contributed by atoms with Gasteiger partial charge in [0, 0.05) is 11.7 Å². The molecule has 1 amide bonds. The first-order valence-electron chi connectivity index (χ1n) is 6.65. The molecule has 1 aromatic heterocycles. The van der Waals surface area contributed by atoms with E-state index < -0.39 is 0 Å². The predicted octanol–water partition coefficient (Wildman–Crippen LogP) is 2.17. The summed E-state index contributed by atoms with van der Waals surface area (Å²) in [5.41, 5.74) is 2.50. The molecule has 3 N–H and O–H groups in total. The number of benzene rings is 1. The Morgan fingerprint density at radius 2 is 2.10 bits per heavy atom. The zero-order valence-electron chi connectivity index (χ0n) is 11.7. The number of carbonyl (C=O) groups excluding carboxylic acids is 1. The molecule has 5 nitrogen and oxygen atoms in total. The standard InChI is InChI=1S/C15H19N3O2/c1-10(3-4-12-5-7-13(19)8-6-12)17-15(20)14-9-16-18-11(14)2/h5-10,19H,3-4H2,1-2H3,(H,16,18)(H,17,20). The van der Waals surface area contributed by atoms with E-state index in [2.05, 4.69) is 15.5 Å². The van der Waals surface area contributed by atoms with Crippen LogP contribution in [0, 0.1) is 6.92 Å². The van der Waals surface area contributed by atoms with Crippen LogP contribution < -0.4 is 5.32 Å². The molecule has 2 aromatic rings. The Balaban J connectivity index is 1.83. The van der Waals surface area contributed by atoms with E-state index in [1.807, 2.05) is 26.0 Å². The fourth-order valence-corrected chi connectivity index (χ4v) is 2.00. The second kappa shape index (κ2) is 6.23. The van der Waals surface area contributed by atoms with Crippen LogP contribution in [0.3, 0.4) is 0 Å². The highest BCUT2D eigenvalue weighted by atomic mass is 16.3. The minimum Gasteiger partial charge on any atom is -0.508 e. The molecule has 2 rings (SSSR count). The second-order valence-corrected chi connectivity index (χ2v) is 4.99. The molecule has 1 aromatic carbocycles. The van der Waals surface area contributed by atoms with Crippen LogP contribution in [0.25, 0.3) is 0 Å². The third-order valence-corrected chi connectivity index (χ3v) is 3.25. The minimum atomic E-state index is -0.102. The first-order valence-corrected chi connectivity index (χ1v) is 6.65. The van der Waals surface area contributed by atoms with E-state index in [0.717, 1.165) is 24.1 Å². The van der Waals surface area contributed by atoms with Crippen LogP contribution in [-0.4, -0.2) is 27.3 Å². The summed E-state index contributed by atoms with van der Waals surface area (Å²) in [5.74, 6) is 0.167. The average molecular weight is 273 g/mol. The van der Waals surface area contributed by atoms with Crippen LogP contribution in [0.4, 0.5) is 0 Å². The van der Waals surface area contributed by atoms with Crippen LogP contribution in [0.15, 0.2) is 30.5 Å². The highest BCUT2D eigenvalue weighted by Crippen LogP contribution is 2.12. The Morgan fingerprint density at radius 3 is 2.70 bits per heavy atom. The number of nitrogens with zero attached hydrogens (tertiary/aromatic N) is 1. The summed E-state index contributed by atoms with van der Waals surface area (Å²) in [7, 11) is 0. The monoisotopic (exact) mass is 273 g/mol. The van der Waals surface area contributed by atoms with Gasteiger partial charge in [-0.2, -0.15) is 5.10 Å². The Labute approximate surface area is 118 Å². The minimum absolute atomic E-state index is 0.0746. The summed E-state index contributed by atoms with van der Waals surface area (Å²) >= 11 is 0. The predicted molar refractivity (Wildman–Crippen MR) is 76.7 cm³/mol. The maximum absolute atomic E-state index is 12.0. The van der Waals surface area contributed by atoms with Gasteiger partial charge in [0.25, 0.3) is 5.91 Å². The van der Waals surface area contributed by atoms with Gasteiger partial charge in [-0.1, -0.05) is 12.1 Å². The lowest BCUT2D eigenvalue weighted by Crippen LogP contribution is -2.33. The number of aromatic nitrogens is 2. The van der Waals surface area contributed by atoms with E-state index in [0.29, 0.717) is 5.56 Å². The molecule has 0 saturated carbocycles. The zero-order valence-corrected chi connectivity index (χ0v) is 11.7. The lowest BCUT2D eigenvalue weighted by molar-refractivity contribution is 0.0938. The van der Waals surface area contributed by atoms with Crippen molar-refractivity contribution in [3.8, 4) is 5.75 Å².